The number of carbonyl (C=O) groups excluding carboxylic acids is 2. The summed E-state index contributed by atoms with van der Waals surface area (Å²) in [5.41, 5.74) is 1.35. The van der Waals surface area contributed by atoms with E-state index < -0.39 is 0 Å². The lowest BCUT2D eigenvalue weighted by Gasteiger charge is -2.31. The number of benzene rings is 2. The van der Waals surface area contributed by atoms with E-state index in [9.17, 15) is 14.0 Å². The van der Waals surface area contributed by atoms with E-state index in [1.807, 2.05) is 13.8 Å². The maximum Gasteiger partial charge on any atom is 0.321 e. The number of amides is 3. The summed E-state index contributed by atoms with van der Waals surface area (Å²) in [6.07, 6.45) is 1.31. The Labute approximate surface area is 176 Å². The average Bonchev–Trinajstić information content (AvgIpc) is 2.72. The van der Waals surface area contributed by atoms with Gasteiger partial charge in [-0.15, -0.1) is 0 Å². The van der Waals surface area contributed by atoms with Gasteiger partial charge in [-0.25, -0.2) is 9.18 Å². The Bertz CT molecular complexity index is 880. The fourth-order valence-corrected chi connectivity index (χ4v) is 3.41. The predicted molar refractivity (Wildman–Crippen MR) is 114 cm³/mol. The smallest absolute Gasteiger partial charge is 0.321 e. The van der Waals surface area contributed by atoms with Crippen LogP contribution in [-0.4, -0.2) is 36.0 Å². The van der Waals surface area contributed by atoms with Crippen LogP contribution in [0.25, 0.3) is 0 Å². The molecule has 0 saturated carbocycles. The molecule has 0 unspecified atom stereocenters. The SMILES string of the molecule is CC(C)NC(=O)C1CCN(C(=O)Nc2cccc(OCc3cccc(F)c3)c2)CC1. The number of hydrogen-bond acceptors (Lipinski definition) is 3. The number of rotatable bonds is 6. The molecular weight excluding hydrogens is 385 g/mol. The Morgan fingerprint density at radius 2 is 1.87 bits per heavy atom. The standard InChI is InChI=1S/C23H28FN3O3/c1-16(2)25-22(28)18-9-11-27(12-10-18)23(29)26-20-7-4-8-21(14-20)30-15-17-5-3-6-19(24)13-17/h3-8,13-14,16,18H,9-12,15H2,1-2H3,(H,25,28)(H,26,29). The molecule has 0 atom stereocenters. The molecule has 0 radical (unpaired) electrons. The van der Waals surface area contributed by atoms with Crippen LogP contribution in [0.2, 0.25) is 0 Å². The van der Waals surface area contributed by atoms with Gasteiger partial charge >= 0.3 is 6.03 Å². The molecule has 2 aromatic carbocycles. The molecule has 160 valence electrons. The first-order chi connectivity index (χ1) is 14.4. The lowest BCUT2D eigenvalue weighted by atomic mass is 9.96. The zero-order valence-corrected chi connectivity index (χ0v) is 17.4. The summed E-state index contributed by atoms with van der Waals surface area (Å²) < 4.78 is 19.0. The third kappa shape index (κ3) is 6.20. The maximum absolute atomic E-state index is 13.3. The van der Waals surface area contributed by atoms with Gasteiger partial charge in [0.25, 0.3) is 0 Å². The molecule has 1 heterocycles. The van der Waals surface area contributed by atoms with Gasteiger partial charge in [-0.3, -0.25) is 4.79 Å². The molecule has 0 bridgehead atoms. The Kier molecular flexibility index (Phi) is 7.27. The molecule has 2 N–H and O–H groups in total. The largest absolute Gasteiger partial charge is 0.489 e. The van der Waals surface area contributed by atoms with Gasteiger partial charge in [0.2, 0.25) is 5.91 Å². The molecule has 3 amide bonds. The van der Waals surface area contributed by atoms with Crippen molar-refractivity contribution in [1.29, 1.82) is 0 Å². The quantitative estimate of drug-likeness (QED) is 0.747. The second-order valence-corrected chi connectivity index (χ2v) is 7.80. The highest BCUT2D eigenvalue weighted by molar-refractivity contribution is 5.89. The van der Waals surface area contributed by atoms with Crippen LogP contribution in [0, 0.1) is 11.7 Å². The second-order valence-electron chi connectivity index (χ2n) is 7.80. The van der Waals surface area contributed by atoms with Crippen molar-refractivity contribution in [1.82, 2.24) is 10.2 Å². The molecule has 2 aromatic rings. The summed E-state index contributed by atoms with van der Waals surface area (Å²) in [6.45, 7) is 5.20. The molecule has 1 aliphatic heterocycles. The van der Waals surface area contributed by atoms with Crippen LogP contribution >= 0.6 is 0 Å². The highest BCUT2D eigenvalue weighted by Crippen LogP contribution is 2.21. The Morgan fingerprint density at radius 3 is 2.57 bits per heavy atom. The third-order valence-electron chi connectivity index (χ3n) is 4.96. The number of carbonyl (C=O) groups is 2. The summed E-state index contributed by atoms with van der Waals surface area (Å²) in [6, 6.07) is 13.3. The normalized spacial score (nSPS) is 14.5. The molecule has 1 aliphatic rings. The number of likely N-dealkylation sites (tertiary alicyclic amines) is 1. The zero-order chi connectivity index (χ0) is 21.5. The molecule has 30 heavy (non-hydrogen) atoms. The van der Waals surface area contributed by atoms with E-state index in [1.54, 1.807) is 41.3 Å². The van der Waals surface area contributed by atoms with Gasteiger partial charge in [-0.05, 0) is 56.5 Å². The van der Waals surface area contributed by atoms with E-state index in [-0.39, 0.29) is 36.3 Å². The van der Waals surface area contributed by atoms with E-state index in [4.69, 9.17) is 4.74 Å². The van der Waals surface area contributed by atoms with Crippen molar-refractivity contribution in [2.45, 2.75) is 39.3 Å². The number of hydrogen-bond donors (Lipinski definition) is 2. The highest BCUT2D eigenvalue weighted by atomic mass is 19.1. The van der Waals surface area contributed by atoms with Crippen molar-refractivity contribution in [2.75, 3.05) is 18.4 Å². The van der Waals surface area contributed by atoms with Crippen molar-refractivity contribution in [3.8, 4) is 5.75 Å². The van der Waals surface area contributed by atoms with Crippen molar-refractivity contribution in [3.05, 3.63) is 59.9 Å². The second kappa shape index (κ2) is 10.1. The summed E-state index contributed by atoms with van der Waals surface area (Å²) in [4.78, 5) is 26.4. The van der Waals surface area contributed by atoms with Crippen molar-refractivity contribution in [2.24, 2.45) is 5.92 Å². The molecule has 7 heteroatoms. The van der Waals surface area contributed by atoms with Crippen molar-refractivity contribution in [3.63, 3.8) is 0 Å². The van der Waals surface area contributed by atoms with E-state index in [0.717, 1.165) is 5.56 Å². The summed E-state index contributed by atoms with van der Waals surface area (Å²) in [5, 5.41) is 5.82. The topological polar surface area (TPSA) is 70.7 Å². The Hall–Kier alpha value is -3.09. The molecule has 6 nitrogen and oxygen atoms in total. The summed E-state index contributed by atoms with van der Waals surface area (Å²) >= 11 is 0. The van der Waals surface area contributed by atoms with Gasteiger partial charge in [-0.2, -0.15) is 0 Å². The molecule has 3 rings (SSSR count). The van der Waals surface area contributed by atoms with Gasteiger partial charge in [0, 0.05) is 36.8 Å². The number of urea groups is 1. The van der Waals surface area contributed by atoms with Gasteiger partial charge in [0.05, 0.1) is 0 Å². The minimum Gasteiger partial charge on any atom is -0.489 e. The van der Waals surface area contributed by atoms with E-state index in [0.29, 0.717) is 37.4 Å². The van der Waals surface area contributed by atoms with E-state index >= 15 is 0 Å². The van der Waals surface area contributed by atoms with Gasteiger partial charge < -0.3 is 20.3 Å². The fourth-order valence-electron chi connectivity index (χ4n) is 3.41. The number of nitrogens with one attached hydrogen (secondary N) is 2. The Morgan fingerprint density at radius 1 is 1.13 bits per heavy atom. The first kappa shape index (κ1) is 21.6. The minimum absolute atomic E-state index is 0.0454. The number of anilines is 1. The van der Waals surface area contributed by atoms with Gasteiger partial charge in [0.1, 0.15) is 18.2 Å². The lowest BCUT2D eigenvalue weighted by molar-refractivity contribution is -0.126. The molecule has 0 aromatic heterocycles. The number of ether oxygens (including phenoxy) is 1. The predicted octanol–water partition coefficient (Wildman–Crippen LogP) is 4.17. The van der Waals surface area contributed by atoms with Gasteiger partial charge in [-0.1, -0.05) is 18.2 Å². The van der Waals surface area contributed by atoms with Crippen LogP contribution in [0.1, 0.15) is 32.3 Å². The Balaban J connectivity index is 1.50. The van der Waals surface area contributed by atoms with Crippen LogP contribution < -0.4 is 15.4 Å². The van der Waals surface area contributed by atoms with Crippen molar-refractivity contribution >= 4 is 17.6 Å². The molecular formula is C23H28FN3O3. The summed E-state index contributed by atoms with van der Waals surface area (Å²) in [7, 11) is 0. The first-order valence-corrected chi connectivity index (χ1v) is 10.2. The molecule has 1 saturated heterocycles. The molecule has 0 aliphatic carbocycles. The fraction of sp³-hybridized carbons (Fsp3) is 0.391. The lowest BCUT2D eigenvalue weighted by Crippen LogP contribution is -2.45. The van der Waals surface area contributed by atoms with Crippen LogP contribution in [0.15, 0.2) is 48.5 Å². The molecule has 1 fully saturated rings. The first-order valence-electron chi connectivity index (χ1n) is 10.2. The minimum atomic E-state index is -0.303. The monoisotopic (exact) mass is 413 g/mol. The van der Waals surface area contributed by atoms with Crippen LogP contribution in [0.3, 0.4) is 0 Å². The highest BCUT2D eigenvalue weighted by Gasteiger charge is 2.27. The maximum atomic E-state index is 13.3. The average molecular weight is 413 g/mol. The number of piperidine rings is 1. The van der Waals surface area contributed by atoms with E-state index in [2.05, 4.69) is 10.6 Å². The molecule has 0 spiro atoms. The van der Waals surface area contributed by atoms with Crippen LogP contribution in [0.5, 0.6) is 5.75 Å². The number of halogens is 1. The summed E-state index contributed by atoms with van der Waals surface area (Å²) in [5.74, 6) is 0.299. The van der Waals surface area contributed by atoms with Gasteiger partial charge in [0.15, 0.2) is 0 Å². The number of nitrogens with zero attached hydrogens (tertiary/aromatic N) is 1. The third-order valence-corrected chi connectivity index (χ3v) is 4.96. The van der Waals surface area contributed by atoms with Crippen LogP contribution in [-0.2, 0) is 11.4 Å². The van der Waals surface area contributed by atoms with Crippen molar-refractivity contribution < 1.29 is 18.7 Å². The van der Waals surface area contributed by atoms with E-state index in [1.165, 1.54) is 12.1 Å². The van der Waals surface area contributed by atoms with Crippen LogP contribution in [0.4, 0.5) is 14.9 Å². The zero-order valence-electron chi connectivity index (χ0n) is 17.4.